The van der Waals surface area contributed by atoms with Crippen molar-refractivity contribution in [3.05, 3.63) is 34.6 Å². The van der Waals surface area contributed by atoms with E-state index in [-0.39, 0.29) is 16.5 Å². The summed E-state index contributed by atoms with van der Waals surface area (Å²) < 4.78 is 13.8. The second-order valence-electron chi connectivity index (χ2n) is 4.65. The highest BCUT2D eigenvalue weighted by Gasteiger charge is 2.40. The van der Waals surface area contributed by atoms with Crippen molar-refractivity contribution in [2.75, 3.05) is 6.54 Å². The summed E-state index contributed by atoms with van der Waals surface area (Å²) >= 11 is 5.63. The smallest absolute Gasteiger partial charge is 0.326 e. The molecule has 0 bridgehead atoms. The monoisotopic (exact) mass is 285 g/mol. The van der Waals surface area contributed by atoms with Crippen molar-refractivity contribution in [2.24, 2.45) is 5.92 Å². The van der Waals surface area contributed by atoms with E-state index < -0.39 is 23.7 Å². The Bertz CT molecular complexity index is 535. The van der Waals surface area contributed by atoms with Crippen molar-refractivity contribution < 1.29 is 19.1 Å². The molecular formula is C13H13ClFNO3. The minimum Gasteiger partial charge on any atom is -0.480 e. The zero-order chi connectivity index (χ0) is 14.2. The molecule has 1 aromatic rings. The fraction of sp³-hybridized carbons (Fsp3) is 0.385. The van der Waals surface area contributed by atoms with E-state index in [1.54, 1.807) is 6.92 Å². The number of rotatable bonds is 2. The van der Waals surface area contributed by atoms with Gasteiger partial charge >= 0.3 is 5.97 Å². The molecule has 1 aromatic carbocycles. The standard InChI is InChI=1S/C13H13ClFNO3/c1-7-5-6-16(11(7)13(18)19)12(17)8-3-2-4-9(14)10(8)15/h2-4,7,11H,5-6H2,1H3,(H,18,19). The Labute approximate surface area is 114 Å². The van der Waals surface area contributed by atoms with Gasteiger partial charge in [-0.15, -0.1) is 0 Å². The molecule has 1 aliphatic heterocycles. The second kappa shape index (κ2) is 5.17. The average Bonchev–Trinajstić information content (AvgIpc) is 2.74. The van der Waals surface area contributed by atoms with Crippen molar-refractivity contribution in [1.29, 1.82) is 0 Å². The molecule has 1 heterocycles. The fourth-order valence-electron chi connectivity index (χ4n) is 2.38. The van der Waals surface area contributed by atoms with Gasteiger partial charge in [-0.25, -0.2) is 9.18 Å². The maximum absolute atomic E-state index is 13.8. The first-order chi connectivity index (χ1) is 8.93. The third-order valence-electron chi connectivity index (χ3n) is 3.40. The summed E-state index contributed by atoms with van der Waals surface area (Å²) in [4.78, 5) is 24.6. The van der Waals surface area contributed by atoms with Crippen molar-refractivity contribution >= 4 is 23.5 Å². The molecule has 19 heavy (non-hydrogen) atoms. The number of carbonyl (C=O) groups is 2. The fourth-order valence-corrected chi connectivity index (χ4v) is 2.55. The number of hydrogen-bond donors (Lipinski definition) is 1. The molecule has 0 saturated carbocycles. The molecule has 0 spiro atoms. The number of hydrogen-bond acceptors (Lipinski definition) is 2. The van der Waals surface area contributed by atoms with Gasteiger partial charge in [0, 0.05) is 6.54 Å². The first-order valence-electron chi connectivity index (χ1n) is 5.91. The molecule has 2 rings (SSSR count). The molecule has 4 nitrogen and oxygen atoms in total. The van der Waals surface area contributed by atoms with Crippen molar-refractivity contribution in [1.82, 2.24) is 4.90 Å². The summed E-state index contributed by atoms with van der Waals surface area (Å²) in [6, 6.07) is 3.21. The summed E-state index contributed by atoms with van der Waals surface area (Å²) in [5.74, 6) is -2.65. The van der Waals surface area contributed by atoms with Crippen molar-refractivity contribution in [3.8, 4) is 0 Å². The molecule has 6 heteroatoms. The Balaban J connectivity index is 2.34. The third kappa shape index (κ3) is 2.42. The quantitative estimate of drug-likeness (QED) is 0.908. The molecule has 0 aromatic heterocycles. The van der Waals surface area contributed by atoms with Crippen LogP contribution in [-0.4, -0.2) is 34.5 Å². The van der Waals surface area contributed by atoms with Crippen LogP contribution in [0.15, 0.2) is 18.2 Å². The average molecular weight is 286 g/mol. The summed E-state index contributed by atoms with van der Waals surface area (Å²) in [5.41, 5.74) is -0.187. The van der Waals surface area contributed by atoms with Crippen LogP contribution >= 0.6 is 11.6 Å². The lowest BCUT2D eigenvalue weighted by Gasteiger charge is -2.23. The lowest BCUT2D eigenvalue weighted by molar-refractivity contribution is -0.142. The molecule has 2 unspecified atom stereocenters. The summed E-state index contributed by atoms with van der Waals surface area (Å²) in [6.45, 7) is 2.07. The number of halogens is 2. The summed E-state index contributed by atoms with van der Waals surface area (Å²) in [5, 5.41) is 9.01. The summed E-state index contributed by atoms with van der Waals surface area (Å²) in [6.07, 6.45) is 0.588. The van der Waals surface area contributed by atoms with E-state index >= 15 is 0 Å². The number of carboxylic acids is 1. The summed E-state index contributed by atoms with van der Waals surface area (Å²) in [7, 11) is 0. The molecular weight excluding hydrogens is 273 g/mol. The van der Waals surface area contributed by atoms with Gasteiger partial charge in [0.1, 0.15) is 6.04 Å². The third-order valence-corrected chi connectivity index (χ3v) is 3.69. The van der Waals surface area contributed by atoms with Gasteiger partial charge in [0.15, 0.2) is 5.82 Å². The van der Waals surface area contributed by atoms with Crippen LogP contribution in [0.3, 0.4) is 0 Å². The van der Waals surface area contributed by atoms with Gasteiger partial charge in [0.25, 0.3) is 5.91 Å². The van der Waals surface area contributed by atoms with Crippen LogP contribution in [0.4, 0.5) is 4.39 Å². The van der Waals surface area contributed by atoms with E-state index in [9.17, 15) is 14.0 Å². The molecule has 1 amide bonds. The predicted octanol–water partition coefficient (Wildman–Crippen LogP) is 2.41. The normalized spacial score (nSPS) is 22.6. The molecule has 102 valence electrons. The second-order valence-corrected chi connectivity index (χ2v) is 5.06. The zero-order valence-corrected chi connectivity index (χ0v) is 11.0. The van der Waals surface area contributed by atoms with Crippen LogP contribution in [0, 0.1) is 11.7 Å². The number of nitrogens with zero attached hydrogens (tertiary/aromatic N) is 1. The molecule has 1 saturated heterocycles. The van der Waals surface area contributed by atoms with E-state index in [1.807, 2.05) is 0 Å². The zero-order valence-electron chi connectivity index (χ0n) is 10.3. The van der Waals surface area contributed by atoms with Crippen LogP contribution in [0.2, 0.25) is 5.02 Å². The van der Waals surface area contributed by atoms with Crippen LogP contribution in [0.1, 0.15) is 23.7 Å². The SMILES string of the molecule is CC1CCN(C(=O)c2cccc(Cl)c2F)C1C(=O)O. The molecule has 1 aliphatic rings. The maximum atomic E-state index is 13.8. The number of likely N-dealkylation sites (tertiary alicyclic amines) is 1. The van der Waals surface area contributed by atoms with Gasteiger partial charge in [-0.2, -0.15) is 0 Å². The Kier molecular flexibility index (Phi) is 3.75. The topological polar surface area (TPSA) is 57.6 Å². The van der Waals surface area contributed by atoms with E-state index in [1.165, 1.54) is 23.1 Å². The lowest BCUT2D eigenvalue weighted by Crippen LogP contribution is -2.43. The Morgan fingerprint density at radius 3 is 2.79 bits per heavy atom. The van der Waals surface area contributed by atoms with Gasteiger partial charge in [-0.3, -0.25) is 4.79 Å². The van der Waals surface area contributed by atoms with Gasteiger partial charge in [-0.1, -0.05) is 24.6 Å². The first-order valence-corrected chi connectivity index (χ1v) is 6.29. The Morgan fingerprint density at radius 2 is 2.16 bits per heavy atom. The molecule has 0 aliphatic carbocycles. The van der Waals surface area contributed by atoms with Crippen molar-refractivity contribution in [3.63, 3.8) is 0 Å². The Hall–Kier alpha value is -1.62. The number of aliphatic carboxylic acids is 1. The number of amides is 1. The van der Waals surface area contributed by atoms with E-state index in [0.717, 1.165) is 0 Å². The maximum Gasteiger partial charge on any atom is 0.326 e. The predicted molar refractivity (Wildman–Crippen MR) is 67.7 cm³/mol. The number of carbonyl (C=O) groups excluding carboxylic acids is 1. The van der Waals surface area contributed by atoms with Crippen LogP contribution in [0.5, 0.6) is 0 Å². The number of carboxylic acid groups (broad SMARTS) is 1. The highest BCUT2D eigenvalue weighted by molar-refractivity contribution is 6.31. The van der Waals surface area contributed by atoms with Crippen molar-refractivity contribution in [2.45, 2.75) is 19.4 Å². The van der Waals surface area contributed by atoms with Gasteiger partial charge in [-0.05, 0) is 24.5 Å². The Morgan fingerprint density at radius 1 is 1.47 bits per heavy atom. The minimum atomic E-state index is -1.07. The highest BCUT2D eigenvalue weighted by Crippen LogP contribution is 2.27. The van der Waals surface area contributed by atoms with E-state index in [0.29, 0.717) is 13.0 Å². The first kappa shape index (κ1) is 13.8. The lowest BCUT2D eigenvalue weighted by atomic mass is 10.0. The largest absolute Gasteiger partial charge is 0.480 e. The van der Waals surface area contributed by atoms with Crippen LogP contribution in [0.25, 0.3) is 0 Å². The molecule has 1 fully saturated rings. The number of benzene rings is 1. The van der Waals surface area contributed by atoms with E-state index in [2.05, 4.69) is 0 Å². The van der Waals surface area contributed by atoms with Gasteiger partial charge in [0.05, 0.1) is 10.6 Å². The van der Waals surface area contributed by atoms with Gasteiger partial charge in [0.2, 0.25) is 0 Å². The molecule has 0 radical (unpaired) electrons. The van der Waals surface area contributed by atoms with Gasteiger partial charge < -0.3 is 10.0 Å². The van der Waals surface area contributed by atoms with Crippen LogP contribution < -0.4 is 0 Å². The molecule has 1 N–H and O–H groups in total. The van der Waals surface area contributed by atoms with Crippen LogP contribution in [-0.2, 0) is 4.79 Å². The highest BCUT2D eigenvalue weighted by atomic mass is 35.5. The molecule has 2 atom stereocenters. The van der Waals surface area contributed by atoms with E-state index in [4.69, 9.17) is 16.7 Å². The minimum absolute atomic E-state index is 0.148.